The SMILES string of the molecule is CO[Si](CCC(F)(F)F)(OC)OC(CCC(F)(F)F)CCC(F)(F)F. The first-order valence-corrected chi connectivity index (χ1v) is 9.03. The number of hydrogen-bond donors (Lipinski definition) is 0. The molecule has 0 N–H and O–H groups in total. The van der Waals surface area contributed by atoms with Crippen molar-refractivity contribution < 1.29 is 52.8 Å². The highest BCUT2D eigenvalue weighted by Gasteiger charge is 2.46. The summed E-state index contributed by atoms with van der Waals surface area (Å²) in [5, 5.41) is 0. The predicted octanol–water partition coefficient (Wildman–Crippen LogP) is 5.24. The van der Waals surface area contributed by atoms with Crippen molar-refractivity contribution in [3.63, 3.8) is 0 Å². The van der Waals surface area contributed by atoms with Crippen molar-refractivity contribution in [2.24, 2.45) is 0 Å². The summed E-state index contributed by atoms with van der Waals surface area (Å²) in [5.74, 6) is 0. The van der Waals surface area contributed by atoms with E-state index in [0.717, 1.165) is 14.2 Å². The molecular formula is C12H19F9O3Si. The Morgan fingerprint density at radius 3 is 1.32 bits per heavy atom. The van der Waals surface area contributed by atoms with E-state index in [-0.39, 0.29) is 0 Å². The second-order valence-electron chi connectivity index (χ2n) is 5.25. The lowest BCUT2D eigenvalue weighted by atomic mass is 10.1. The molecule has 0 saturated carbocycles. The third-order valence-electron chi connectivity index (χ3n) is 3.18. The molecule has 0 spiro atoms. The molecule has 25 heavy (non-hydrogen) atoms. The maximum absolute atomic E-state index is 12.4. The molecule has 0 aromatic heterocycles. The summed E-state index contributed by atoms with van der Waals surface area (Å²) in [6.45, 7) is 0. The lowest BCUT2D eigenvalue weighted by Crippen LogP contribution is -2.47. The number of rotatable bonds is 10. The molecule has 0 radical (unpaired) electrons. The average Bonchev–Trinajstić information content (AvgIpc) is 2.43. The van der Waals surface area contributed by atoms with Gasteiger partial charge in [-0.1, -0.05) is 0 Å². The Balaban J connectivity index is 5.09. The van der Waals surface area contributed by atoms with E-state index in [4.69, 9.17) is 13.3 Å². The fourth-order valence-corrected chi connectivity index (χ4v) is 4.12. The van der Waals surface area contributed by atoms with E-state index >= 15 is 0 Å². The Bertz CT molecular complexity index is 359. The van der Waals surface area contributed by atoms with Crippen LogP contribution in [0, 0.1) is 0 Å². The molecule has 0 rings (SSSR count). The van der Waals surface area contributed by atoms with Crippen LogP contribution in [0.3, 0.4) is 0 Å². The van der Waals surface area contributed by atoms with Gasteiger partial charge < -0.3 is 13.3 Å². The summed E-state index contributed by atoms with van der Waals surface area (Å²) in [6, 6.07) is -0.808. The van der Waals surface area contributed by atoms with E-state index in [0.29, 0.717) is 0 Å². The van der Waals surface area contributed by atoms with E-state index in [9.17, 15) is 39.5 Å². The van der Waals surface area contributed by atoms with Gasteiger partial charge in [-0.05, 0) is 12.8 Å². The minimum Gasteiger partial charge on any atom is -0.377 e. The first kappa shape index (κ1) is 24.5. The van der Waals surface area contributed by atoms with Crippen LogP contribution >= 0.6 is 0 Å². The molecule has 0 unspecified atom stereocenters. The summed E-state index contributed by atoms with van der Waals surface area (Å²) in [4.78, 5) is 0. The Kier molecular flexibility index (Phi) is 9.22. The molecular weight excluding hydrogens is 391 g/mol. The summed E-state index contributed by atoms with van der Waals surface area (Å²) in [5.41, 5.74) is 0. The molecule has 0 atom stereocenters. The monoisotopic (exact) mass is 410 g/mol. The fourth-order valence-electron chi connectivity index (χ4n) is 1.90. The molecule has 152 valence electrons. The molecule has 0 amide bonds. The number of alkyl halides is 9. The van der Waals surface area contributed by atoms with Gasteiger partial charge in [-0.2, -0.15) is 39.5 Å². The van der Waals surface area contributed by atoms with Crippen LogP contribution in [0.4, 0.5) is 39.5 Å². The third-order valence-corrected chi connectivity index (χ3v) is 5.98. The van der Waals surface area contributed by atoms with Crippen LogP contribution in [-0.2, 0) is 13.3 Å². The number of hydrogen-bond acceptors (Lipinski definition) is 3. The predicted molar refractivity (Wildman–Crippen MR) is 70.7 cm³/mol. The van der Waals surface area contributed by atoms with Crippen molar-refractivity contribution in [2.45, 2.75) is 62.8 Å². The summed E-state index contributed by atoms with van der Waals surface area (Å²) < 4.78 is 126. The molecule has 0 heterocycles. The van der Waals surface area contributed by atoms with Crippen molar-refractivity contribution in [1.82, 2.24) is 0 Å². The number of halogens is 9. The minimum absolute atomic E-state index is 0.808. The van der Waals surface area contributed by atoms with Gasteiger partial charge in [0.2, 0.25) is 0 Å². The zero-order valence-electron chi connectivity index (χ0n) is 13.4. The van der Waals surface area contributed by atoms with Crippen LogP contribution in [0.15, 0.2) is 0 Å². The van der Waals surface area contributed by atoms with E-state index < -0.39 is 71.6 Å². The fraction of sp³-hybridized carbons (Fsp3) is 1.00. The van der Waals surface area contributed by atoms with E-state index in [2.05, 4.69) is 0 Å². The van der Waals surface area contributed by atoms with Gasteiger partial charge in [-0.15, -0.1) is 0 Å². The molecule has 0 aliphatic heterocycles. The zero-order valence-corrected chi connectivity index (χ0v) is 14.4. The van der Waals surface area contributed by atoms with Gasteiger partial charge in [0.1, 0.15) is 0 Å². The molecule has 0 aliphatic rings. The topological polar surface area (TPSA) is 27.7 Å². The first-order valence-electron chi connectivity index (χ1n) is 7.10. The van der Waals surface area contributed by atoms with Crippen LogP contribution < -0.4 is 0 Å². The molecule has 0 fully saturated rings. The van der Waals surface area contributed by atoms with Gasteiger partial charge in [-0.3, -0.25) is 0 Å². The van der Waals surface area contributed by atoms with Crippen molar-refractivity contribution in [3.05, 3.63) is 0 Å². The van der Waals surface area contributed by atoms with Gasteiger partial charge in [0.15, 0.2) is 0 Å². The summed E-state index contributed by atoms with van der Waals surface area (Å²) in [6.07, 6.45) is -21.4. The lowest BCUT2D eigenvalue weighted by Gasteiger charge is -2.32. The second-order valence-corrected chi connectivity index (χ2v) is 8.17. The zero-order chi connectivity index (χ0) is 19.9. The van der Waals surface area contributed by atoms with Gasteiger partial charge in [-0.25, -0.2) is 0 Å². The Morgan fingerprint density at radius 2 is 1.04 bits per heavy atom. The van der Waals surface area contributed by atoms with Crippen LogP contribution in [0.2, 0.25) is 6.04 Å². The van der Waals surface area contributed by atoms with Crippen molar-refractivity contribution >= 4 is 8.80 Å². The lowest BCUT2D eigenvalue weighted by molar-refractivity contribution is -0.149. The van der Waals surface area contributed by atoms with Crippen LogP contribution in [0.25, 0.3) is 0 Å². The molecule has 0 aromatic carbocycles. The highest BCUT2D eigenvalue weighted by molar-refractivity contribution is 6.60. The minimum atomic E-state index is -4.64. The highest BCUT2D eigenvalue weighted by atomic mass is 28.4. The van der Waals surface area contributed by atoms with Crippen molar-refractivity contribution in [3.8, 4) is 0 Å². The molecule has 0 bridgehead atoms. The Labute approximate surface area is 139 Å². The van der Waals surface area contributed by atoms with Gasteiger partial charge in [0, 0.05) is 39.5 Å². The van der Waals surface area contributed by atoms with Gasteiger partial charge in [0.25, 0.3) is 0 Å². The maximum Gasteiger partial charge on any atom is 0.500 e. The maximum atomic E-state index is 12.4. The molecule has 0 aliphatic carbocycles. The van der Waals surface area contributed by atoms with Crippen LogP contribution in [0.5, 0.6) is 0 Å². The first-order chi connectivity index (χ1) is 11.1. The second kappa shape index (κ2) is 9.42. The van der Waals surface area contributed by atoms with Gasteiger partial charge >= 0.3 is 27.3 Å². The van der Waals surface area contributed by atoms with Crippen molar-refractivity contribution in [1.29, 1.82) is 0 Å². The largest absolute Gasteiger partial charge is 0.500 e. The standard InChI is InChI=1S/C12H19F9O3Si/c1-22-25(23-2,8-7-12(19,20)21)24-9(3-5-10(13,14)15)4-6-11(16,17)18/h9H,3-8H2,1-2H3. The molecule has 0 aromatic rings. The Hall–Kier alpha value is -0.533. The quantitative estimate of drug-likeness (QED) is 0.364. The average molecular weight is 410 g/mol. The van der Waals surface area contributed by atoms with Crippen LogP contribution in [0.1, 0.15) is 32.1 Å². The van der Waals surface area contributed by atoms with E-state index in [1.807, 2.05) is 0 Å². The highest BCUT2D eigenvalue weighted by Crippen LogP contribution is 2.32. The van der Waals surface area contributed by atoms with E-state index in [1.165, 1.54) is 0 Å². The Morgan fingerprint density at radius 1 is 0.680 bits per heavy atom. The normalized spacial score (nSPS) is 14.4. The molecule has 0 saturated heterocycles. The summed E-state index contributed by atoms with van der Waals surface area (Å²) in [7, 11) is -2.18. The molecule has 3 nitrogen and oxygen atoms in total. The van der Waals surface area contributed by atoms with Crippen molar-refractivity contribution in [2.75, 3.05) is 14.2 Å². The van der Waals surface area contributed by atoms with Crippen LogP contribution in [-0.4, -0.2) is 47.7 Å². The van der Waals surface area contributed by atoms with E-state index in [1.54, 1.807) is 0 Å². The smallest absolute Gasteiger partial charge is 0.377 e. The summed E-state index contributed by atoms with van der Waals surface area (Å²) >= 11 is 0. The third kappa shape index (κ3) is 12.5. The molecule has 13 heteroatoms. The van der Waals surface area contributed by atoms with Gasteiger partial charge in [0.05, 0.1) is 6.10 Å².